The van der Waals surface area contributed by atoms with Crippen molar-refractivity contribution in [2.45, 2.75) is 32.4 Å². The summed E-state index contributed by atoms with van der Waals surface area (Å²) in [7, 11) is 0. The number of amides is 1. The molecule has 0 atom stereocenters. The number of fused-ring (bicyclic) bond motifs is 1. The monoisotopic (exact) mass is 384 g/mol. The molecule has 2 aromatic rings. The standard InChI is InChI=1S/C21H28N4O3/c1-21(2)14-17-4-3-5-18(20(17)28-21)27-15-19(26)25-12-10-23(11-13-25)8-9-24-7-6-22-16-24/h3-7,16H,8-15H2,1-2H3. The van der Waals surface area contributed by atoms with Crippen LogP contribution in [0.1, 0.15) is 19.4 Å². The third kappa shape index (κ3) is 4.30. The van der Waals surface area contributed by atoms with Gasteiger partial charge in [0.15, 0.2) is 18.1 Å². The fourth-order valence-corrected chi connectivity index (χ4v) is 3.83. The molecule has 2 aliphatic rings. The number of carbonyl (C=O) groups excluding carboxylic acids is 1. The molecule has 7 heteroatoms. The van der Waals surface area contributed by atoms with E-state index in [0.29, 0.717) is 5.75 Å². The maximum absolute atomic E-state index is 12.6. The van der Waals surface area contributed by atoms with E-state index in [-0.39, 0.29) is 18.1 Å². The van der Waals surface area contributed by atoms with Gasteiger partial charge in [-0.3, -0.25) is 9.69 Å². The van der Waals surface area contributed by atoms with Crippen LogP contribution in [0.4, 0.5) is 0 Å². The highest BCUT2D eigenvalue weighted by Gasteiger charge is 2.32. The number of rotatable bonds is 6. The molecule has 0 radical (unpaired) electrons. The lowest BCUT2D eigenvalue weighted by Gasteiger charge is -2.34. The molecule has 0 aliphatic carbocycles. The van der Waals surface area contributed by atoms with Crippen LogP contribution in [0, 0.1) is 0 Å². The van der Waals surface area contributed by atoms with Crippen molar-refractivity contribution in [3.8, 4) is 11.5 Å². The van der Waals surface area contributed by atoms with Gasteiger partial charge in [0.25, 0.3) is 5.91 Å². The molecule has 0 saturated carbocycles. The lowest BCUT2D eigenvalue weighted by molar-refractivity contribution is -0.135. The molecule has 4 rings (SSSR count). The van der Waals surface area contributed by atoms with E-state index in [9.17, 15) is 4.79 Å². The van der Waals surface area contributed by atoms with E-state index in [2.05, 4.69) is 34.4 Å². The Hall–Kier alpha value is -2.54. The van der Waals surface area contributed by atoms with E-state index < -0.39 is 0 Å². The number of para-hydroxylation sites is 1. The smallest absolute Gasteiger partial charge is 0.260 e. The lowest BCUT2D eigenvalue weighted by Crippen LogP contribution is -2.50. The van der Waals surface area contributed by atoms with Crippen molar-refractivity contribution < 1.29 is 14.3 Å². The zero-order valence-electron chi connectivity index (χ0n) is 16.6. The Morgan fingerprint density at radius 2 is 2.04 bits per heavy atom. The van der Waals surface area contributed by atoms with Crippen molar-refractivity contribution in [2.24, 2.45) is 0 Å². The number of hydrogen-bond acceptors (Lipinski definition) is 5. The third-order valence-electron chi connectivity index (χ3n) is 5.36. The summed E-state index contributed by atoms with van der Waals surface area (Å²) in [4.78, 5) is 20.9. The average Bonchev–Trinajstić information content (AvgIpc) is 3.31. The Balaban J connectivity index is 1.24. The number of piperazine rings is 1. The molecule has 1 saturated heterocycles. The van der Waals surface area contributed by atoms with Gasteiger partial charge in [0.1, 0.15) is 5.60 Å². The van der Waals surface area contributed by atoms with E-state index in [1.807, 2.05) is 29.6 Å². The van der Waals surface area contributed by atoms with Gasteiger partial charge in [-0.05, 0) is 19.9 Å². The first-order valence-electron chi connectivity index (χ1n) is 9.90. The van der Waals surface area contributed by atoms with Gasteiger partial charge in [0.2, 0.25) is 0 Å². The maximum Gasteiger partial charge on any atom is 0.260 e. The van der Waals surface area contributed by atoms with Crippen LogP contribution in [-0.2, 0) is 17.8 Å². The second-order valence-electron chi connectivity index (χ2n) is 8.09. The van der Waals surface area contributed by atoms with Gasteiger partial charge < -0.3 is 18.9 Å². The van der Waals surface area contributed by atoms with E-state index in [1.54, 1.807) is 6.20 Å². The number of hydrogen-bond donors (Lipinski definition) is 0. The number of aromatic nitrogens is 2. The van der Waals surface area contributed by atoms with E-state index in [0.717, 1.165) is 57.0 Å². The van der Waals surface area contributed by atoms with E-state index in [4.69, 9.17) is 9.47 Å². The van der Waals surface area contributed by atoms with Crippen molar-refractivity contribution in [2.75, 3.05) is 39.3 Å². The highest BCUT2D eigenvalue weighted by atomic mass is 16.5. The quantitative estimate of drug-likeness (QED) is 0.760. The Labute approximate surface area is 165 Å². The summed E-state index contributed by atoms with van der Waals surface area (Å²) in [6, 6.07) is 5.89. The summed E-state index contributed by atoms with van der Waals surface area (Å²) in [5.74, 6) is 1.48. The highest BCUT2D eigenvalue weighted by molar-refractivity contribution is 5.78. The SMILES string of the molecule is CC1(C)Cc2cccc(OCC(=O)N3CCN(CCn4ccnc4)CC3)c2O1. The number of nitrogens with zero attached hydrogens (tertiary/aromatic N) is 4. The Morgan fingerprint density at radius 1 is 1.21 bits per heavy atom. The van der Waals surface area contributed by atoms with Crippen molar-refractivity contribution in [1.29, 1.82) is 0 Å². The molecule has 7 nitrogen and oxygen atoms in total. The molecule has 150 valence electrons. The minimum atomic E-state index is -0.223. The fourth-order valence-electron chi connectivity index (χ4n) is 3.83. The van der Waals surface area contributed by atoms with Gasteiger partial charge in [0.05, 0.1) is 6.33 Å². The molecule has 3 heterocycles. The first-order chi connectivity index (χ1) is 13.5. The van der Waals surface area contributed by atoms with Crippen molar-refractivity contribution in [1.82, 2.24) is 19.4 Å². The predicted octanol–water partition coefficient (Wildman–Crippen LogP) is 1.82. The second-order valence-corrected chi connectivity index (χ2v) is 8.09. The van der Waals surface area contributed by atoms with Gasteiger partial charge in [-0.15, -0.1) is 0 Å². The topological polar surface area (TPSA) is 59.8 Å². The Morgan fingerprint density at radius 3 is 2.79 bits per heavy atom. The summed E-state index contributed by atoms with van der Waals surface area (Å²) in [6.07, 6.45) is 6.46. The zero-order chi connectivity index (χ0) is 19.6. The molecule has 0 unspecified atom stereocenters. The average molecular weight is 384 g/mol. The van der Waals surface area contributed by atoms with Crippen LogP contribution in [0.5, 0.6) is 11.5 Å². The van der Waals surface area contributed by atoms with Crippen molar-refractivity contribution >= 4 is 5.91 Å². The van der Waals surface area contributed by atoms with E-state index in [1.165, 1.54) is 0 Å². The Kier molecular flexibility index (Phi) is 5.26. The molecule has 0 spiro atoms. The minimum absolute atomic E-state index is 0.0316. The molecule has 1 aromatic heterocycles. The number of ether oxygens (including phenoxy) is 2. The molecular weight excluding hydrogens is 356 g/mol. The molecule has 2 aliphatic heterocycles. The summed E-state index contributed by atoms with van der Waals surface area (Å²) < 4.78 is 13.9. The largest absolute Gasteiger partial charge is 0.483 e. The van der Waals surface area contributed by atoms with Crippen LogP contribution in [0.3, 0.4) is 0 Å². The van der Waals surface area contributed by atoms with Crippen LogP contribution in [0.25, 0.3) is 0 Å². The van der Waals surface area contributed by atoms with Crippen LogP contribution in [0.15, 0.2) is 36.9 Å². The first kappa shape index (κ1) is 18.8. The van der Waals surface area contributed by atoms with Crippen LogP contribution >= 0.6 is 0 Å². The molecule has 1 amide bonds. The highest BCUT2D eigenvalue weighted by Crippen LogP contribution is 2.41. The fraction of sp³-hybridized carbons (Fsp3) is 0.524. The maximum atomic E-state index is 12.6. The number of carbonyl (C=O) groups is 1. The summed E-state index contributed by atoms with van der Waals surface area (Å²) in [6.45, 7) is 9.32. The first-order valence-corrected chi connectivity index (χ1v) is 9.90. The van der Waals surface area contributed by atoms with Gasteiger partial charge in [-0.2, -0.15) is 0 Å². The minimum Gasteiger partial charge on any atom is -0.483 e. The number of imidazole rings is 1. The second kappa shape index (κ2) is 7.83. The summed E-state index contributed by atoms with van der Waals surface area (Å²) in [5, 5.41) is 0. The molecule has 1 fully saturated rings. The predicted molar refractivity (Wildman–Crippen MR) is 106 cm³/mol. The Bertz CT molecular complexity index is 811. The van der Waals surface area contributed by atoms with Gasteiger partial charge in [-0.25, -0.2) is 4.98 Å². The molecule has 1 aromatic carbocycles. The van der Waals surface area contributed by atoms with Gasteiger partial charge in [-0.1, -0.05) is 12.1 Å². The van der Waals surface area contributed by atoms with Crippen LogP contribution < -0.4 is 9.47 Å². The van der Waals surface area contributed by atoms with Crippen molar-refractivity contribution in [3.05, 3.63) is 42.5 Å². The lowest BCUT2D eigenvalue weighted by atomic mass is 10.0. The van der Waals surface area contributed by atoms with Crippen LogP contribution in [-0.4, -0.2) is 70.2 Å². The number of benzene rings is 1. The van der Waals surface area contributed by atoms with E-state index >= 15 is 0 Å². The van der Waals surface area contributed by atoms with Gasteiger partial charge >= 0.3 is 0 Å². The zero-order valence-corrected chi connectivity index (χ0v) is 16.6. The molecular formula is C21H28N4O3. The molecule has 0 N–H and O–H groups in total. The van der Waals surface area contributed by atoms with Crippen LogP contribution in [0.2, 0.25) is 0 Å². The molecule has 28 heavy (non-hydrogen) atoms. The third-order valence-corrected chi connectivity index (χ3v) is 5.36. The van der Waals surface area contributed by atoms with Crippen molar-refractivity contribution in [3.63, 3.8) is 0 Å². The van der Waals surface area contributed by atoms with Gasteiger partial charge in [0, 0.05) is 63.6 Å². The summed E-state index contributed by atoms with van der Waals surface area (Å²) >= 11 is 0. The molecule has 0 bridgehead atoms. The normalized spacial score (nSPS) is 18.6. The summed E-state index contributed by atoms with van der Waals surface area (Å²) in [5.41, 5.74) is 0.917.